The number of hydrogen-bond donors (Lipinski definition) is 1. The number of nitrogens with zero attached hydrogens (tertiary/aromatic N) is 1. The highest BCUT2D eigenvalue weighted by Gasteiger charge is 2.29. The molecule has 0 fully saturated rings. The zero-order valence-corrected chi connectivity index (χ0v) is 18.6. The lowest BCUT2D eigenvalue weighted by Gasteiger charge is -2.18. The van der Waals surface area contributed by atoms with Gasteiger partial charge >= 0.3 is 0 Å². The van der Waals surface area contributed by atoms with E-state index in [0.29, 0.717) is 15.7 Å². The van der Waals surface area contributed by atoms with E-state index in [1.54, 1.807) is 28.4 Å². The first-order valence-electron chi connectivity index (χ1n) is 8.38. The van der Waals surface area contributed by atoms with Gasteiger partial charge in [-0.2, -0.15) is 8.42 Å². The summed E-state index contributed by atoms with van der Waals surface area (Å²) in [5.74, 6) is -0.530. The Hall–Kier alpha value is -1.22. The van der Waals surface area contributed by atoms with Gasteiger partial charge in [0.1, 0.15) is 0 Å². The molecule has 0 amide bonds. The van der Waals surface area contributed by atoms with Crippen LogP contribution in [0.25, 0.3) is 16.2 Å². The molecule has 4 nitrogen and oxygen atoms in total. The summed E-state index contributed by atoms with van der Waals surface area (Å²) in [7, 11) is -4.22. The van der Waals surface area contributed by atoms with Crippen molar-refractivity contribution < 1.29 is 13.0 Å². The van der Waals surface area contributed by atoms with Gasteiger partial charge in [-0.15, -0.1) is 11.3 Å². The Bertz CT molecular complexity index is 1220. The molecule has 1 aliphatic heterocycles. The summed E-state index contributed by atoms with van der Waals surface area (Å²) in [5, 5.41) is 3.02. The summed E-state index contributed by atoms with van der Waals surface area (Å²) >= 11 is 15.4. The third-order valence-electron chi connectivity index (χ3n) is 4.38. The molecule has 0 atom stereocenters. The van der Waals surface area contributed by atoms with Crippen LogP contribution in [0.3, 0.4) is 0 Å². The average Bonchev–Trinajstić information content (AvgIpc) is 3.11. The van der Waals surface area contributed by atoms with Gasteiger partial charge < -0.3 is 4.90 Å². The van der Waals surface area contributed by atoms with E-state index in [1.807, 2.05) is 30.3 Å². The monoisotopic (exact) mass is 471 g/mol. The number of anilines is 1. The Kier molecular flexibility index (Phi) is 5.41. The summed E-state index contributed by atoms with van der Waals surface area (Å²) in [4.78, 5) is 3.51. The Morgan fingerprint density at radius 3 is 2.57 bits per heavy atom. The van der Waals surface area contributed by atoms with Crippen LogP contribution in [-0.2, 0) is 16.5 Å². The molecule has 2 aromatic carbocycles. The molecule has 0 saturated heterocycles. The molecule has 4 rings (SSSR count). The molecule has 1 aliphatic rings. The molecule has 3 aromatic rings. The molecule has 0 saturated carbocycles. The first-order valence-corrected chi connectivity index (χ1v) is 12.4. The number of benzene rings is 2. The number of halogens is 2. The highest BCUT2D eigenvalue weighted by Crippen LogP contribution is 2.48. The molecule has 1 aromatic heterocycles. The predicted molar refractivity (Wildman–Crippen MR) is 120 cm³/mol. The maximum atomic E-state index is 11.6. The van der Waals surface area contributed by atoms with Crippen molar-refractivity contribution in [3.8, 4) is 0 Å². The molecule has 0 bridgehead atoms. The highest BCUT2D eigenvalue weighted by atomic mass is 35.5. The van der Waals surface area contributed by atoms with Crippen molar-refractivity contribution in [3.63, 3.8) is 0 Å². The second-order valence-electron chi connectivity index (χ2n) is 6.27. The Labute approximate surface area is 181 Å². The number of hydrogen-bond acceptors (Lipinski definition) is 5. The summed E-state index contributed by atoms with van der Waals surface area (Å²) in [6.07, 6.45) is 2.79. The average molecular weight is 472 g/mol. The van der Waals surface area contributed by atoms with Crippen LogP contribution in [0.1, 0.15) is 17.4 Å². The lowest BCUT2D eigenvalue weighted by Crippen LogP contribution is -2.25. The number of aryl methyl sites for hydroxylation is 1. The van der Waals surface area contributed by atoms with Crippen LogP contribution >= 0.6 is 46.3 Å². The van der Waals surface area contributed by atoms with E-state index in [9.17, 15) is 13.0 Å². The van der Waals surface area contributed by atoms with Crippen LogP contribution in [0.15, 0.2) is 46.3 Å². The number of rotatable bonds is 4. The summed E-state index contributed by atoms with van der Waals surface area (Å²) in [6.45, 7) is 2.08. The van der Waals surface area contributed by atoms with Crippen molar-refractivity contribution in [1.82, 2.24) is 0 Å². The first-order chi connectivity index (χ1) is 13.2. The van der Waals surface area contributed by atoms with Gasteiger partial charge in [-0.1, -0.05) is 41.9 Å². The quantitative estimate of drug-likeness (QED) is 0.438. The van der Waals surface area contributed by atoms with E-state index in [4.69, 9.17) is 23.2 Å². The van der Waals surface area contributed by atoms with Crippen molar-refractivity contribution in [2.45, 2.75) is 18.2 Å². The van der Waals surface area contributed by atoms with Gasteiger partial charge in [0.05, 0.1) is 10.7 Å². The molecular weight excluding hydrogens is 457 g/mol. The van der Waals surface area contributed by atoms with E-state index < -0.39 is 16.0 Å². The third-order valence-corrected chi connectivity index (χ3v) is 7.70. The topological polar surface area (TPSA) is 57.6 Å². The van der Waals surface area contributed by atoms with Crippen LogP contribution < -0.4 is 4.90 Å². The fourth-order valence-corrected chi connectivity index (χ4v) is 6.61. The lowest BCUT2D eigenvalue weighted by atomic mass is 10.1. The second-order valence-corrected chi connectivity index (χ2v) is 10.7. The van der Waals surface area contributed by atoms with Crippen LogP contribution in [-0.4, -0.2) is 18.8 Å². The number of thioether (sulfide) groups is 1. The summed E-state index contributed by atoms with van der Waals surface area (Å²) in [5.41, 5.74) is 1.83. The number of thiophene rings is 1. The van der Waals surface area contributed by atoms with Gasteiger partial charge in [-0.25, -0.2) is 0 Å². The van der Waals surface area contributed by atoms with Gasteiger partial charge in [0.2, 0.25) is 0 Å². The second kappa shape index (κ2) is 7.55. The maximum Gasteiger partial charge on any atom is 0.283 e. The fourth-order valence-electron chi connectivity index (χ4n) is 3.21. The van der Waals surface area contributed by atoms with Gasteiger partial charge in [-0.3, -0.25) is 4.55 Å². The SMILES string of the molecule is CCc1c(C=C2Sc3ccc(Cl)cc3N2CS(=O)(=O)O)sc2ccc(Cl)cc12. The van der Waals surface area contributed by atoms with Crippen molar-refractivity contribution in [2.24, 2.45) is 0 Å². The fraction of sp³-hybridized carbons (Fsp3) is 0.158. The van der Waals surface area contributed by atoms with E-state index >= 15 is 0 Å². The Balaban J connectivity index is 1.85. The molecular formula is C19H15Cl2NO3S3. The van der Waals surface area contributed by atoms with Crippen LogP contribution in [0, 0.1) is 0 Å². The van der Waals surface area contributed by atoms with Crippen LogP contribution in [0.2, 0.25) is 10.0 Å². The summed E-state index contributed by atoms with van der Waals surface area (Å²) < 4.78 is 33.8. The van der Waals surface area contributed by atoms with E-state index in [-0.39, 0.29) is 0 Å². The molecule has 2 heterocycles. The minimum Gasteiger partial charge on any atom is -0.317 e. The third kappa shape index (κ3) is 3.92. The van der Waals surface area contributed by atoms with Crippen molar-refractivity contribution in [1.29, 1.82) is 0 Å². The largest absolute Gasteiger partial charge is 0.317 e. The van der Waals surface area contributed by atoms with Crippen molar-refractivity contribution >= 4 is 78.3 Å². The van der Waals surface area contributed by atoms with E-state index in [0.717, 1.165) is 36.9 Å². The van der Waals surface area contributed by atoms with Crippen molar-refractivity contribution in [2.75, 3.05) is 10.8 Å². The molecule has 1 N–H and O–H groups in total. The van der Waals surface area contributed by atoms with Gasteiger partial charge in [-0.05, 0) is 59.8 Å². The van der Waals surface area contributed by atoms with Gasteiger partial charge in [0.15, 0.2) is 5.88 Å². The predicted octanol–water partition coefficient (Wildman–Crippen LogP) is 6.53. The molecule has 0 spiro atoms. The Morgan fingerprint density at radius 2 is 1.86 bits per heavy atom. The number of fused-ring (bicyclic) bond motifs is 2. The minimum absolute atomic E-state index is 0.506. The minimum atomic E-state index is -4.22. The smallest absolute Gasteiger partial charge is 0.283 e. The zero-order valence-electron chi connectivity index (χ0n) is 14.6. The first kappa shape index (κ1) is 20.1. The van der Waals surface area contributed by atoms with Gasteiger partial charge in [0.25, 0.3) is 10.1 Å². The van der Waals surface area contributed by atoms with Crippen molar-refractivity contribution in [3.05, 3.63) is 61.9 Å². The van der Waals surface area contributed by atoms with E-state index in [2.05, 4.69) is 6.92 Å². The van der Waals surface area contributed by atoms with E-state index in [1.165, 1.54) is 11.8 Å². The molecule has 0 aliphatic carbocycles. The zero-order chi connectivity index (χ0) is 20.1. The van der Waals surface area contributed by atoms with Crippen LogP contribution in [0.5, 0.6) is 0 Å². The molecule has 0 radical (unpaired) electrons. The molecule has 9 heteroatoms. The normalized spacial score (nSPS) is 15.6. The Morgan fingerprint density at radius 1 is 1.14 bits per heavy atom. The molecule has 0 unspecified atom stereocenters. The molecule has 28 heavy (non-hydrogen) atoms. The summed E-state index contributed by atoms with van der Waals surface area (Å²) in [6, 6.07) is 11.1. The van der Waals surface area contributed by atoms with Gasteiger partial charge in [0, 0.05) is 24.5 Å². The maximum absolute atomic E-state index is 11.6. The lowest BCUT2D eigenvalue weighted by molar-refractivity contribution is 0.483. The standard InChI is InChI=1S/C19H15Cl2NO3S3/c1-2-13-14-7-11(20)3-5-16(14)26-18(13)9-19-22(10-28(23,24)25)15-8-12(21)4-6-17(15)27-19/h3-9H,2,10H2,1H3,(H,23,24,25). The van der Waals surface area contributed by atoms with Crippen LogP contribution in [0.4, 0.5) is 5.69 Å². The molecule has 146 valence electrons. The highest BCUT2D eigenvalue weighted by molar-refractivity contribution is 8.04.